The van der Waals surface area contributed by atoms with Crippen LogP contribution in [0.4, 0.5) is 4.39 Å². The van der Waals surface area contributed by atoms with E-state index in [1.165, 1.54) is 11.6 Å². The molecular weight excluding hydrogens is 293 g/mol. The molecule has 0 aliphatic heterocycles. The average molecular weight is 306 g/mol. The van der Waals surface area contributed by atoms with E-state index in [0.29, 0.717) is 16.6 Å². The highest BCUT2D eigenvalue weighted by molar-refractivity contribution is 9.10. The van der Waals surface area contributed by atoms with Gasteiger partial charge in [0.05, 0.1) is 4.47 Å². The maximum Gasteiger partial charge on any atom is 0.138 e. The van der Waals surface area contributed by atoms with Gasteiger partial charge < -0.3 is 5.73 Å². The fraction of sp³-hybridized carbons (Fsp3) is 0.0667. The minimum Gasteiger partial charge on any atom is -0.326 e. The summed E-state index contributed by atoms with van der Waals surface area (Å²) in [5, 5.41) is 0. The van der Waals surface area contributed by atoms with Gasteiger partial charge in [-0.1, -0.05) is 36.3 Å². The molecule has 0 saturated heterocycles. The summed E-state index contributed by atoms with van der Waals surface area (Å²) in [6.07, 6.45) is 5.04. The molecule has 2 aromatic rings. The molecule has 0 bridgehead atoms. The third-order valence-electron chi connectivity index (χ3n) is 2.16. The standard InChI is InChI=1S/C8H4BrF.C7H9N/c1-2-6-3-4-7(9)8(10)5-6;8-6-7-4-2-1-3-5-7/h1,3-5H;1-5H,6,8H2. The van der Waals surface area contributed by atoms with Gasteiger partial charge in [-0.15, -0.1) is 6.42 Å². The second-order valence-corrected chi connectivity index (χ2v) is 4.32. The van der Waals surface area contributed by atoms with Crippen LogP contribution >= 0.6 is 15.9 Å². The van der Waals surface area contributed by atoms with Gasteiger partial charge in [-0.25, -0.2) is 4.39 Å². The van der Waals surface area contributed by atoms with Gasteiger partial charge in [0.15, 0.2) is 0 Å². The number of halogens is 2. The predicted octanol–water partition coefficient (Wildman–Crippen LogP) is 3.71. The third-order valence-corrected chi connectivity index (χ3v) is 2.81. The number of nitrogens with two attached hydrogens (primary N) is 1. The van der Waals surface area contributed by atoms with Crippen molar-refractivity contribution < 1.29 is 4.39 Å². The molecule has 0 unspecified atom stereocenters. The minimum absolute atomic E-state index is 0.324. The Bertz CT molecular complexity index is 532. The lowest BCUT2D eigenvalue weighted by atomic mass is 10.2. The van der Waals surface area contributed by atoms with Crippen molar-refractivity contribution in [2.45, 2.75) is 6.54 Å². The molecule has 0 aliphatic rings. The summed E-state index contributed by atoms with van der Waals surface area (Å²) < 4.78 is 13.1. The van der Waals surface area contributed by atoms with Crippen LogP contribution in [0.2, 0.25) is 0 Å². The van der Waals surface area contributed by atoms with Crippen molar-refractivity contribution in [1.29, 1.82) is 0 Å². The zero-order valence-corrected chi connectivity index (χ0v) is 11.3. The van der Waals surface area contributed by atoms with E-state index in [1.807, 2.05) is 30.3 Å². The topological polar surface area (TPSA) is 26.0 Å². The van der Waals surface area contributed by atoms with Crippen LogP contribution < -0.4 is 5.73 Å². The van der Waals surface area contributed by atoms with Gasteiger partial charge in [0.1, 0.15) is 5.82 Å². The van der Waals surface area contributed by atoms with Crippen LogP contribution in [-0.2, 0) is 6.54 Å². The Morgan fingerprint density at radius 1 is 1.17 bits per heavy atom. The Balaban J connectivity index is 0.000000184. The summed E-state index contributed by atoms with van der Waals surface area (Å²) in [5.41, 5.74) is 7.09. The highest BCUT2D eigenvalue weighted by Gasteiger charge is 1.96. The van der Waals surface area contributed by atoms with Gasteiger partial charge in [-0.2, -0.15) is 0 Å². The molecule has 0 aliphatic carbocycles. The van der Waals surface area contributed by atoms with Crippen LogP contribution in [0.5, 0.6) is 0 Å². The van der Waals surface area contributed by atoms with Crippen LogP contribution in [0.25, 0.3) is 0 Å². The van der Waals surface area contributed by atoms with Crippen LogP contribution in [0, 0.1) is 18.2 Å². The van der Waals surface area contributed by atoms with Gasteiger partial charge in [-0.05, 0) is 39.7 Å². The quantitative estimate of drug-likeness (QED) is 0.799. The van der Waals surface area contributed by atoms with Crippen molar-refractivity contribution in [3.63, 3.8) is 0 Å². The number of hydrogen-bond acceptors (Lipinski definition) is 1. The second-order valence-electron chi connectivity index (χ2n) is 3.46. The molecule has 92 valence electrons. The molecule has 1 nitrogen and oxygen atoms in total. The monoisotopic (exact) mass is 305 g/mol. The van der Waals surface area contributed by atoms with Gasteiger partial charge >= 0.3 is 0 Å². The first-order chi connectivity index (χ1) is 8.67. The van der Waals surface area contributed by atoms with E-state index < -0.39 is 0 Å². The minimum atomic E-state index is -0.324. The maximum absolute atomic E-state index is 12.6. The predicted molar refractivity (Wildman–Crippen MR) is 76.4 cm³/mol. The molecular formula is C15H13BrFN. The number of benzene rings is 2. The fourth-order valence-corrected chi connectivity index (χ4v) is 1.45. The lowest BCUT2D eigenvalue weighted by Crippen LogP contribution is -1.94. The first-order valence-corrected chi connectivity index (χ1v) is 6.12. The Morgan fingerprint density at radius 3 is 2.28 bits per heavy atom. The molecule has 2 rings (SSSR count). The third kappa shape index (κ3) is 4.70. The first-order valence-electron chi connectivity index (χ1n) is 5.33. The van der Waals surface area contributed by atoms with E-state index >= 15 is 0 Å². The molecule has 0 heterocycles. The maximum atomic E-state index is 12.6. The Labute approximate surface area is 115 Å². The number of terminal acetylenes is 1. The van der Waals surface area contributed by atoms with E-state index in [1.54, 1.807) is 12.1 Å². The van der Waals surface area contributed by atoms with E-state index in [0.717, 1.165) is 0 Å². The van der Waals surface area contributed by atoms with Crippen LogP contribution in [0.15, 0.2) is 53.0 Å². The number of hydrogen-bond donors (Lipinski definition) is 1. The molecule has 2 aromatic carbocycles. The highest BCUT2D eigenvalue weighted by atomic mass is 79.9. The summed E-state index contributed by atoms with van der Waals surface area (Å²) in [4.78, 5) is 0. The first kappa shape index (κ1) is 14.4. The smallest absolute Gasteiger partial charge is 0.138 e. The fourth-order valence-electron chi connectivity index (χ4n) is 1.20. The van der Waals surface area contributed by atoms with Crippen molar-refractivity contribution in [2.75, 3.05) is 0 Å². The molecule has 0 saturated carbocycles. The lowest BCUT2D eigenvalue weighted by Gasteiger charge is -1.92. The molecule has 0 fully saturated rings. The lowest BCUT2D eigenvalue weighted by molar-refractivity contribution is 0.621. The molecule has 0 amide bonds. The Kier molecular flexibility index (Phi) is 6.13. The zero-order valence-electron chi connectivity index (χ0n) is 9.74. The van der Waals surface area contributed by atoms with E-state index in [2.05, 4.69) is 21.9 Å². The van der Waals surface area contributed by atoms with E-state index in [4.69, 9.17) is 12.2 Å². The van der Waals surface area contributed by atoms with E-state index in [-0.39, 0.29) is 5.82 Å². The summed E-state index contributed by atoms with van der Waals surface area (Å²) in [6, 6.07) is 14.6. The normalized spacial score (nSPS) is 9.00. The van der Waals surface area contributed by atoms with Crippen LogP contribution in [-0.4, -0.2) is 0 Å². The van der Waals surface area contributed by atoms with Gasteiger partial charge in [-0.3, -0.25) is 0 Å². The van der Waals surface area contributed by atoms with Gasteiger partial charge in [0, 0.05) is 12.1 Å². The summed E-state index contributed by atoms with van der Waals surface area (Å²) in [6.45, 7) is 0.640. The molecule has 0 radical (unpaired) electrons. The molecule has 3 heteroatoms. The summed E-state index contributed by atoms with van der Waals surface area (Å²) in [7, 11) is 0. The number of rotatable bonds is 1. The van der Waals surface area contributed by atoms with Crippen LogP contribution in [0.1, 0.15) is 11.1 Å². The largest absolute Gasteiger partial charge is 0.326 e. The zero-order chi connectivity index (χ0) is 13.4. The highest BCUT2D eigenvalue weighted by Crippen LogP contribution is 2.15. The average Bonchev–Trinajstić information content (AvgIpc) is 2.43. The van der Waals surface area contributed by atoms with Crippen LogP contribution in [0.3, 0.4) is 0 Å². The van der Waals surface area contributed by atoms with Crippen molar-refractivity contribution in [1.82, 2.24) is 0 Å². The summed E-state index contributed by atoms with van der Waals surface area (Å²) in [5.74, 6) is 2.01. The van der Waals surface area contributed by atoms with Crippen molar-refractivity contribution in [2.24, 2.45) is 5.73 Å². The van der Waals surface area contributed by atoms with Crippen molar-refractivity contribution >= 4 is 15.9 Å². The van der Waals surface area contributed by atoms with E-state index in [9.17, 15) is 4.39 Å². The van der Waals surface area contributed by atoms with Gasteiger partial charge in [0.25, 0.3) is 0 Å². The van der Waals surface area contributed by atoms with Crippen molar-refractivity contribution in [3.05, 3.63) is 69.9 Å². The van der Waals surface area contributed by atoms with Gasteiger partial charge in [0.2, 0.25) is 0 Å². The molecule has 0 spiro atoms. The Hall–Kier alpha value is -1.63. The summed E-state index contributed by atoms with van der Waals surface area (Å²) >= 11 is 3.01. The molecule has 2 N–H and O–H groups in total. The van der Waals surface area contributed by atoms with Crippen molar-refractivity contribution in [3.8, 4) is 12.3 Å². The second kappa shape index (κ2) is 7.65. The Morgan fingerprint density at radius 2 is 1.83 bits per heavy atom. The SMILES string of the molecule is C#Cc1ccc(Br)c(F)c1.NCc1ccccc1. The molecule has 18 heavy (non-hydrogen) atoms. The molecule has 0 atom stereocenters. The molecule has 0 aromatic heterocycles.